The third-order valence-corrected chi connectivity index (χ3v) is 5.98. The van der Waals surface area contributed by atoms with Gasteiger partial charge in [-0.25, -0.2) is 0 Å². The number of aromatic amines is 1. The van der Waals surface area contributed by atoms with E-state index in [1.54, 1.807) is 0 Å². The van der Waals surface area contributed by atoms with E-state index in [4.69, 9.17) is 16.3 Å². The Morgan fingerprint density at radius 3 is 2.42 bits per heavy atom. The lowest BCUT2D eigenvalue weighted by Gasteiger charge is -2.30. The van der Waals surface area contributed by atoms with Gasteiger partial charge in [0.15, 0.2) is 11.9 Å². The van der Waals surface area contributed by atoms with Gasteiger partial charge in [0.25, 0.3) is 0 Å². The molecule has 0 spiro atoms. The number of benzene rings is 3. The van der Waals surface area contributed by atoms with Crippen LogP contribution >= 0.6 is 11.6 Å². The molecular weight excluding hydrogens is 432 g/mol. The zero-order valence-electron chi connectivity index (χ0n) is 18.8. The molecule has 33 heavy (non-hydrogen) atoms. The van der Waals surface area contributed by atoms with Crippen molar-refractivity contribution in [2.24, 2.45) is 0 Å². The molecule has 1 aromatic heterocycles. The van der Waals surface area contributed by atoms with Crippen LogP contribution in [0.1, 0.15) is 42.8 Å². The van der Waals surface area contributed by atoms with Crippen molar-refractivity contribution in [3.8, 4) is 17.0 Å². The van der Waals surface area contributed by atoms with Gasteiger partial charge in [0, 0.05) is 33.2 Å². The molecule has 0 aliphatic carbocycles. The number of hydrogen-bond donors (Lipinski definition) is 2. The quantitative estimate of drug-likeness (QED) is 0.324. The van der Waals surface area contributed by atoms with E-state index in [1.165, 1.54) is 0 Å². The number of H-pyrrole nitrogens is 1. The number of para-hydroxylation sites is 2. The summed E-state index contributed by atoms with van der Waals surface area (Å²) in [6.45, 7) is 6.18. The molecule has 1 aliphatic heterocycles. The monoisotopic (exact) mass is 456 g/mol. The van der Waals surface area contributed by atoms with Crippen molar-refractivity contribution in [3.05, 3.63) is 101 Å². The summed E-state index contributed by atoms with van der Waals surface area (Å²) in [4.78, 5) is 17.2. The van der Waals surface area contributed by atoms with E-state index in [1.807, 2.05) is 72.9 Å². The number of Topliss-reactive ketones (excluding diaryl/α,β-unsaturated/α-hetero) is 1. The summed E-state index contributed by atoms with van der Waals surface area (Å²) < 4.78 is 6.54. The Labute approximate surface area is 198 Å². The molecule has 1 aliphatic rings. The number of carbonyl (C=O) groups excluding carboxylic acids is 1. The summed E-state index contributed by atoms with van der Waals surface area (Å²) in [5.74, 6) is 0.554. The van der Waals surface area contributed by atoms with Crippen LogP contribution in [0.3, 0.4) is 0 Å². The van der Waals surface area contributed by atoms with E-state index >= 15 is 0 Å². The Bertz CT molecular complexity index is 1380. The topological polar surface area (TPSA) is 54.1 Å². The fraction of sp³-hybridized carbons (Fsp3) is 0.179. The SMILES string of the molecule is CC(C)(C)NC=C1C(=O)c2ccccc2OC1c1c(-c2ccc(Cl)cc2)[nH]c2ccccc12. The Hall–Kier alpha value is -3.50. The van der Waals surface area contributed by atoms with Crippen molar-refractivity contribution in [2.75, 3.05) is 0 Å². The van der Waals surface area contributed by atoms with Crippen molar-refractivity contribution in [1.82, 2.24) is 10.3 Å². The second-order valence-corrected chi connectivity index (χ2v) is 9.72. The third kappa shape index (κ3) is 4.03. The van der Waals surface area contributed by atoms with E-state index < -0.39 is 6.10 Å². The van der Waals surface area contributed by atoms with Gasteiger partial charge < -0.3 is 15.0 Å². The molecule has 0 fully saturated rings. The predicted octanol–water partition coefficient (Wildman–Crippen LogP) is 7.08. The molecule has 5 rings (SSSR count). The lowest BCUT2D eigenvalue weighted by atomic mass is 9.88. The molecular formula is C28H25ClN2O2. The van der Waals surface area contributed by atoms with Crippen LogP contribution in [-0.2, 0) is 0 Å². The van der Waals surface area contributed by atoms with Crippen LogP contribution in [0.25, 0.3) is 22.2 Å². The molecule has 0 radical (unpaired) electrons. The number of halogens is 1. The van der Waals surface area contributed by atoms with E-state index in [9.17, 15) is 4.79 Å². The van der Waals surface area contributed by atoms with Gasteiger partial charge in [-0.05, 0) is 56.7 Å². The number of hydrogen-bond acceptors (Lipinski definition) is 3. The second kappa shape index (κ2) is 8.13. The maximum atomic E-state index is 13.7. The summed E-state index contributed by atoms with van der Waals surface area (Å²) in [7, 11) is 0. The highest BCUT2D eigenvalue weighted by atomic mass is 35.5. The van der Waals surface area contributed by atoms with E-state index in [0.717, 1.165) is 27.7 Å². The van der Waals surface area contributed by atoms with Crippen LogP contribution in [0.4, 0.5) is 0 Å². The molecule has 3 aromatic carbocycles. The number of ketones is 1. The molecule has 1 atom stereocenters. The highest BCUT2D eigenvalue weighted by Gasteiger charge is 2.36. The maximum Gasteiger partial charge on any atom is 0.198 e. The standard InChI is InChI=1S/C28H25ClN2O2/c1-28(2,3)30-16-21-26(32)20-9-5-7-11-23(20)33-27(21)24-19-8-4-6-10-22(19)31-25(24)17-12-14-18(29)15-13-17/h4-16,27,30-31H,1-3H3. The highest BCUT2D eigenvalue weighted by molar-refractivity contribution is 6.30. The van der Waals surface area contributed by atoms with Gasteiger partial charge in [-0.2, -0.15) is 0 Å². The van der Waals surface area contributed by atoms with Gasteiger partial charge in [-0.1, -0.05) is 54.1 Å². The van der Waals surface area contributed by atoms with Crippen molar-refractivity contribution in [2.45, 2.75) is 32.4 Å². The van der Waals surface area contributed by atoms with Crippen LogP contribution in [-0.4, -0.2) is 16.3 Å². The van der Waals surface area contributed by atoms with Gasteiger partial charge in [0.2, 0.25) is 0 Å². The zero-order chi connectivity index (χ0) is 23.2. The first-order chi connectivity index (χ1) is 15.8. The van der Waals surface area contributed by atoms with Gasteiger partial charge in [-0.15, -0.1) is 0 Å². The maximum absolute atomic E-state index is 13.7. The highest BCUT2D eigenvalue weighted by Crippen LogP contribution is 2.44. The van der Waals surface area contributed by atoms with Gasteiger partial charge >= 0.3 is 0 Å². The summed E-state index contributed by atoms with van der Waals surface area (Å²) in [5.41, 5.74) is 4.74. The van der Waals surface area contributed by atoms with Crippen molar-refractivity contribution >= 4 is 28.3 Å². The molecule has 166 valence electrons. The van der Waals surface area contributed by atoms with Gasteiger partial charge in [-0.3, -0.25) is 4.79 Å². The number of carbonyl (C=O) groups is 1. The smallest absolute Gasteiger partial charge is 0.198 e. The molecule has 4 aromatic rings. The molecule has 4 nitrogen and oxygen atoms in total. The summed E-state index contributed by atoms with van der Waals surface area (Å²) in [6, 6.07) is 23.2. The zero-order valence-corrected chi connectivity index (χ0v) is 19.5. The average molecular weight is 457 g/mol. The first-order valence-electron chi connectivity index (χ1n) is 11.0. The minimum absolute atomic E-state index is 0.0362. The molecule has 5 heteroatoms. The number of aromatic nitrogens is 1. The minimum atomic E-state index is -0.580. The first kappa shape index (κ1) is 21.4. The molecule has 2 N–H and O–H groups in total. The molecule has 0 bridgehead atoms. The Kier molecular flexibility index (Phi) is 5.26. The third-order valence-electron chi connectivity index (χ3n) is 5.72. The van der Waals surface area contributed by atoms with Gasteiger partial charge in [0.05, 0.1) is 16.8 Å². The molecule has 2 heterocycles. The van der Waals surface area contributed by atoms with Crippen LogP contribution in [0.5, 0.6) is 5.75 Å². The van der Waals surface area contributed by atoms with Crippen LogP contribution < -0.4 is 10.1 Å². The number of ether oxygens (including phenoxy) is 1. The molecule has 0 amide bonds. The van der Waals surface area contributed by atoms with Crippen molar-refractivity contribution < 1.29 is 9.53 Å². The number of nitrogens with one attached hydrogen (secondary N) is 2. The van der Waals surface area contributed by atoms with Crippen LogP contribution in [0, 0.1) is 0 Å². The first-order valence-corrected chi connectivity index (χ1v) is 11.3. The fourth-order valence-corrected chi connectivity index (χ4v) is 4.28. The Morgan fingerprint density at radius 1 is 0.970 bits per heavy atom. The van der Waals surface area contributed by atoms with E-state index in [0.29, 0.717) is 21.9 Å². The van der Waals surface area contributed by atoms with Crippen LogP contribution in [0.2, 0.25) is 5.02 Å². The van der Waals surface area contributed by atoms with Crippen molar-refractivity contribution in [1.29, 1.82) is 0 Å². The average Bonchev–Trinajstić information content (AvgIpc) is 3.17. The lowest BCUT2D eigenvalue weighted by molar-refractivity contribution is 0.0960. The van der Waals surface area contributed by atoms with E-state index in [-0.39, 0.29) is 11.3 Å². The van der Waals surface area contributed by atoms with E-state index in [2.05, 4.69) is 37.1 Å². The minimum Gasteiger partial charge on any atom is -0.480 e. The fourth-order valence-electron chi connectivity index (χ4n) is 4.15. The largest absolute Gasteiger partial charge is 0.480 e. The Balaban J connectivity index is 1.75. The summed E-state index contributed by atoms with van der Waals surface area (Å²) in [5, 5.41) is 5.05. The van der Waals surface area contributed by atoms with Crippen molar-refractivity contribution in [3.63, 3.8) is 0 Å². The van der Waals surface area contributed by atoms with Gasteiger partial charge in [0.1, 0.15) is 5.75 Å². The predicted molar refractivity (Wildman–Crippen MR) is 134 cm³/mol. The number of rotatable bonds is 3. The summed E-state index contributed by atoms with van der Waals surface area (Å²) >= 11 is 6.15. The lowest BCUT2D eigenvalue weighted by Crippen LogP contribution is -2.34. The second-order valence-electron chi connectivity index (χ2n) is 9.28. The molecule has 0 saturated carbocycles. The van der Waals surface area contributed by atoms with Crippen LogP contribution in [0.15, 0.2) is 84.6 Å². The summed E-state index contributed by atoms with van der Waals surface area (Å²) in [6.07, 6.45) is 1.24. The number of fused-ring (bicyclic) bond motifs is 2. The normalized spacial score (nSPS) is 17.2. The molecule has 0 saturated heterocycles. The Morgan fingerprint density at radius 2 is 1.67 bits per heavy atom. The molecule has 1 unspecified atom stereocenters.